The van der Waals surface area contributed by atoms with E-state index in [4.69, 9.17) is 16.3 Å². The number of nitrogens with one attached hydrogen (secondary N) is 1. The number of carbonyl (C=O) groups excluding carboxylic acids is 2. The van der Waals surface area contributed by atoms with Gasteiger partial charge in [0.25, 0.3) is 0 Å². The predicted molar refractivity (Wildman–Crippen MR) is 171 cm³/mol. The summed E-state index contributed by atoms with van der Waals surface area (Å²) in [4.78, 5) is 29.7. The monoisotopic (exact) mass is 637 g/mol. The van der Waals surface area contributed by atoms with Crippen LogP contribution in [0.3, 0.4) is 0 Å². The summed E-state index contributed by atoms with van der Waals surface area (Å²) >= 11 is 6.13. The zero-order valence-electron chi connectivity index (χ0n) is 24.9. The summed E-state index contributed by atoms with van der Waals surface area (Å²) in [5.74, 6) is -0.384. The average molecular weight is 638 g/mol. The summed E-state index contributed by atoms with van der Waals surface area (Å²) in [6, 6.07) is 23.0. The van der Waals surface area contributed by atoms with Crippen molar-refractivity contribution in [3.63, 3.8) is 0 Å². The third-order valence-electron chi connectivity index (χ3n) is 8.32. The molecule has 0 radical (unpaired) electrons. The summed E-state index contributed by atoms with van der Waals surface area (Å²) in [5.41, 5.74) is 2.67. The van der Waals surface area contributed by atoms with Gasteiger partial charge in [0.15, 0.2) is 0 Å². The lowest BCUT2D eigenvalue weighted by Crippen LogP contribution is -2.51. The van der Waals surface area contributed by atoms with E-state index >= 15 is 0 Å². The van der Waals surface area contributed by atoms with Gasteiger partial charge in [-0.25, -0.2) is 8.42 Å². The highest BCUT2D eigenvalue weighted by Gasteiger charge is 2.31. The maximum absolute atomic E-state index is 14.0. The van der Waals surface area contributed by atoms with Gasteiger partial charge < -0.3 is 15.0 Å². The van der Waals surface area contributed by atoms with E-state index in [0.29, 0.717) is 44.1 Å². The van der Waals surface area contributed by atoms with Crippen LogP contribution in [0.4, 0.5) is 0 Å². The van der Waals surface area contributed by atoms with Gasteiger partial charge >= 0.3 is 0 Å². The molecule has 2 aliphatic rings. The predicted octanol–water partition coefficient (Wildman–Crippen LogP) is 4.99. The fourth-order valence-corrected chi connectivity index (χ4v) is 7.42. The van der Waals surface area contributed by atoms with Crippen LogP contribution in [0.5, 0.6) is 0 Å². The van der Waals surface area contributed by atoms with E-state index in [1.165, 1.54) is 4.31 Å². The highest BCUT2D eigenvalue weighted by molar-refractivity contribution is 7.89. The van der Waals surface area contributed by atoms with Gasteiger partial charge in [0.05, 0.1) is 11.0 Å². The smallest absolute Gasteiger partial charge is 0.243 e. The van der Waals surface area contributed by atoms with E-state index in [0.717, 1.165) is 42.4 Å². The lowest BCUT2D eigenvalue weighted by atomic mass is 10.0. The van der Waals surface area contributed by atoms with Crippen LogP contribution in [0.2, 0.25) is 5.02 Å². The van der Waals surface area contributed by atoms with Crippen molar-refractivity contribution >= 4 is 33.4 Å². The lowest BCUT2D eigenvalue weighted by molar-refractivity contribution is -0.141. The molecule has 8 nitrogen and oxygen atoms in total. The van der Waals surface area contributed by atoms with Crippen molar-refractivity contribution < 1.29 is 22.7 Å². The molecule has 2 amide bonds. The molecule has 2 saturated heterocycles. The molecule has 0 aromatic heterocycles. The Morgan fingerprint density at radius 2 is 1.59 bits per heavy atom. The van der Waals surface area contributed by atoms with Crippen LogP contribution >= 0.6 is 11.6 Å². The Hall–Kier alpha value is -3.24. The molecule has 2 fully saturated rings. The number of rotatable bonds is 13. The van der Waals surface area contributed by atoms with E-state index in [1.807, 2.05) is 42.5 Å². The first kappa shape index (κ1) is 32.2. The molecular formula is C34H40ClN3O5S. The summed E-state index contributed by atoms with van der Waals surface area (Å²) < 4.78 is 33.1. The molecule has 44 heavy (non-hydrogen) atoms. The van der Waals surface area contributed by atoms with Gasteiger partial charge in [0, 0.05) is 50.7 Å². The van der Waals surface area contributed by atoms with Gasteiger partial charge in [-0.1, -0.05) is 66.2 Å². The van der Waals surface area contributed by atoms with Crippen LogP contribution in [0.25, 0.3) is 0 Å². The molecule has 0 saturated carbocycles. The van der Waals surface area contributed by atoms with Crippen LogP contribution in [-0.2, 0) is 43.7 Å². The van der Waals surface area contributed by atoms with Crippen molar-refractivity contribution in [1.29, 1.82) is 0 Å². The summed E-state index contributed by atoms with van der Waals surface area (Å²) in [5, 5.41) is 3.65. The van der Waals surface area contributed by atoms with Crippen molar-refractivity contribution in [3.05, 3.63) is 101 Å². The van der Waals surface area contributed by atoms with E-state index in [2.05, 4.69) is 5.32 Å². The van der Waals surface area contributed by atoms with E-state index in [9.17, 15) is 18.0 Å². The minimum atomic E-state index is -3.50. The SMILES string of the molecule is O=C(NC[C@@H]1CCCO1)[C@@H](Cc1ccccc1)N(Cc1ccc(Cl)cc1)C(=O)CCc1ccc(S(=O)(=O)N2CCCC2)cc1. The molecule has 3 aromatic rings. The number of ether oxygens (including phenoxy) is 1. The van der Waals surface area contributed by atoms with Crippen molar-refractivity contribution in [2.45, 2.75) is 68.5 Å². The van der Waals surface area contributed by atoms with Gasteiger partial charge in [0.1, 0.15) is 6.04 Å². The van der Waals surface area contributed by atoms with E-state index in [-0.39, 0.29) is 35.8 Å². The van der Waals surface area contributed by atoms with Crippen LogP contribution in [0.15, 0.2) is 83.8 Å². The molecule has 0 unspecified atom stereocenters. The van der Waals surface area contributed by atoms with Gasteiger partial charge in [0.2, 0.25) is 21.8 Å². The molecule has 5 rings (SSSR count). The topological polar surface area (TPSA) is 96.0 Å². The van der Waals surface area contributed by atoms with Crippen LogP contribution in [0, 0.1) is 0 Å². The largest absolute Gasteiger partial charge is 0.376 e. The minimum Gasteiger partial charge on any atom is -0.376 e. The fourth-order valence-electron chi connectivity index (χ4n) is 5.78. The minimum absolute atomic E-state index is 0.0194. The quantitative estimate of drug-likeness (QED) is 0.285. The Bertz CT molecular complexity index is 1490. The second kappa shape index (κ2) is 15.2. The highest BCUT2D eigenvalue weighted by atomic mass is 35.5. The summed E-state index contributed by atoms with van der Waals surface area (Å²) in [6.45, 7) is 2.44. The second-order valence-corrected chi connectivity index (χ2v) is 13.9. The first-order valence-electron chi connectivity index (χ1n) is 15.4. The Labute approximate surface area is 265 Å². The molecule has 1 N–H and O–H groups in total. The Morgan fingerprint density at radius 3 is 2.25 bits per heavy atom. The van der Waals surface area contributed by atoms with Crippen molar-refractivity contribution in [2.24, 2.45) is 0 Å². The number of benzene rings is 3. The first-order valence-corrected chi connectivity index (χ1v) is 17.2. The number of sulfonamides is 1. The second-order valence-electron chi connectivity index (χ2n) is 11.5. The number of amides is 2. The molecule has 2 atom stereocenters. The van der Waals surface area contributed by atoms with Gasteiger partial charge in [-0.15, -0.1) is 0 Å². The third kappa shape index (κ3) is 8.47. The molecule has 2 heterocycles. The van der Waals surface area contributed by atoms with E-state index in [1.54, 1.807) is 41.3 Å². The summed E-state index contributed by atoms with van der Waals surface area (Å²) in [7, 11) is -3.50. The zero-order valence-corrected chi connectivity index (χ0v) is 26.4. The number of nitrogens with zero attached hydrogens (tertiary/aromatic N) is 2. The summed E-state index contributed by atoms with van der Waals surface area (Å²) in [6.07, 6.45) is 4.55. The van der Waals surface area contributed by atoms with Crippen molar-refractivity contribution in [3.8, 4) is 0 Å². The first-order chi connectivity index (χ1) is 21.3. The van der Waals surface area contributed by atoms with Gasteiger partial charge in [-0.3, -0.25) is 9.59 Å². The number of aryl methyl sites for hydroxylation is 1. The molecule has 0 spiro atoms. The fraction of sp³-hybridized carbons (Fsp3) is 0.412. The molecular weight excluding hydrogens is 598 g/mol. The van der Waals surface area contributed by atoms with Crippen LogP contribution < -0.4 is 5.32 Å². The molecule has 10 heteroatoms. The lowest BCUT2D eigenvalue weighted by Gasteiger charge is -2.32. The normalized spacial score (nSPS) is 17.8. The Morgan fingerprint density at radius 1 is 0.909 bits per heavy atom. The van der Waals surface area contributed by atoms with E-state index < -0.39 is 16.1 Å². The molecule has 3 aromatic carbocycles. The van der Waals surface area contributed by atoms with Gasteiger partial charge in [-0.2, -0.15) is 4.31 Å². The molecule has 0 aliphatic carbocycles. The van der Waals surface area contributed by atoms with Crippen molar-refractivity contribution in [1.82, 2.24) is 14.5 Å². The average Bonchev–Trinajstić information content (AvgIpc) is 3.78. The number of hydrogen-bond acceptors (Lipinski definition) is 5. The number of carbonyl (C=O) groups is 2. The zero-order chi connectivity index (χ0) is 30.9. The molecule has 0 bridgehead atoms. The maximum Gasteiger partial charge on any atom is 0.243 e. The van der Waals surface area contributed by atoms with Crippen LogP contribution in [0.1, 0.15) is 48.8 Å². The standard InChI is InChI=1S/C34H40ClN3O5S/c35-29-15-10-28(11-16-29)25-38(32(23-27-7-2-1-3-8-27)34(40)36-24-30-9-6-22-43-30)33(39)19-14-26-12-17-31(18-13-26)44(41,42)37-20-4-5-21-37/h1-3,7-8,10-13,15-18,30,32H,4-6,9,14,19-25H2,(H,36,40)/t30-,32+/m0/s1. The van der Waals surface area contributed by atoms with Crippen molar-refractivity contribution in [2.75, 3.05) is 26.2 Å². The number of hydrogen-bond donors (Lipinski definition) is 1. The highest BCUT2D eigenvalue weighted by Crippen LogP contribution is 2.23. The third-order valence-corrected chi connectivity index (χ3v) is 10.5. The maximum atomic E-state index is 14.0. The molecule has 234 valence electrons. The van der Waals surface area contributed by atoms with Gasteiger partial charge in [-0.05, 0) is 73.1 Å². The Balaban J connectivity index is 1.34. The number of halogens is 1. The van der Waals surface area contributed by atoms with Crippen LogP contribution in [-0.4, -0.2) is 67.8 Å². The Kier molecular flexibility index (Phi) is 11.1. The molecule has 2 aliphatic heterocycles.